The number of halogens is 1. The van der Waals surface area contributed by atoms with E-state index in [0.29, 0.717) is 11.1 Å². The number of fused-ring (bicyclic) bond motifs is 1. The van der Waals surface area contributed by atoms with Crippen LogP contribution in [-0.2, 0) is 4.79 Å². The van der Waals surface area contributed by atoms with Gasteiger partial charge in [0.2, 0.25) is 0 Å². The molecule has 0 bridgehead atoms. The van der Waals surface area contributed by atoms with Gasteiger partial charge in [-0.2, -0.15) is 0 Å². The lowest BCUT2D eigenvalue weighted by Crippen LogP contribution is -2.25. The number of hydrogen-bond acceptors (Lipinski definition) is 2. The van der Waals surface area contributed by atoms with Gasteiger partial charge in [-0.1, -0.05) is 57.6 Å². The maximum Gasteiger partial charge on any atom is 0.314 e. The molecule has 0 radical (unpaired) electrons. The molecule has 0 unspecified atom stereocenters. The van der Waals surface area contributed by atoms with Gasteiger partial charge in [-0.3, -0.25) is 4.79 Å². The van der Waals surface area contributed by atoms with Crippen molar-refractivity contribution < 1.29 is 13.9 Å². The highest BCUT2D eigenvalue weighted by atomic mass is 19.1. The van der Waals surface area contributed by atoms with Crippen LogP contribution >= 0.6 is 0 Å². The van der Waals surface area contributed by atoms with E-state index in [2.05, 4.69) is 6.92 Å². The van der Waals surface area contributed by atoms with E-state index in [1.54, 1.807) is 24.3 Å². The molecule has 0 saturated heterocycles. The minimum absolute atomic E-state index is 0.00421. The second kappa shape index (κ2) is 9.87. The molecule has 0 spiro atoms. The number of hydrogen-bond donors (Lipinski definition) is 0. The van der Waals surface area contributed by atoms with Crippen molar-refractivity contribution in [2.75, 3.05) is 0 Å². The number of rotatable bonds is 8. The molecule has 1 aliphatic carbocycles. The summed E-state index contributed by atoms with van der Waals surface area (Å²) in [5, 5.41) is 1.31. The van der Waals surface area contributed by atoms with Crippen LogP contribution in [0.3, 0.4) is 0 Å². The van der Waals surface area contributed by atoms with Crippen LogP contribution < -0.4 is 4.74 Å². The monoisotopic (exact) mass is 370 g/mol. The van der Waals surface area contributed by atoms with Gasteiger partial charge < -0.3 is 4.74 Å². The highest BCUT2D eigenvalue weighted by Gasteiger charge is 2.27. The molecule has 146 valence electrons. The summed E-state index contributed by atoms with van der Waals surface area (Å²) in [5.74, 6) is 0.908. The minimum atomic E-state index is -0.251. The summed E-state index contributed by atoms with van der Waals surface area (Å²) in [7, 11) is 0. The maximum atomic E-state index is 13.7. The summed E-state index contributed by atoms with van der Waals surface area (Å²) in [6.45, 7) is 2.25. The predicted molar refractivity (Wildman–Crippen MR) is 108 cm³/mol. The Morgan fingerprint density at radius 1 is 1.04 bits per heavy atom. The lowest BCUT2D eigenvalue weighted by atomic mass is 9.80. The summed E-state index contributed by atoms with van der Waals surface area (Å²) in [6, 6.07) is 10.1. The third-order valence-corrected chi connectivity index (χ3v) is 5.91. The van der Waals surface area contributed by atoms with Crippen LogP contribution in [0.15, 0.2) is 36.4 Å². The Hall–Kier alpha value is -1.90. The largest absolute Gasteiger partial charge is 0.426 e. The van der Waals surface area contributed by atoms with E-state index in [0.717, 1.165) is 37.0 Å². The second-order valence-electron chi connectivity index (χ2n) is 7.96. The fraction of sp³-hybridized carbons (Fsp3) is 0.542. The van der Waals surface area contributed by atoms with Gasteiger partial charge in [0.15, 0.2) is 0 Å². The van der Waals surface area contributed by atoms with Crippen molar-refractivity contribution in [3.63, 3.8) is 0 Å². The van der Waals surface area contributed by atoms with Crippen molar-refractivity contribution in [1.82, 2.24) is 0 Å². The summed E-state index contributed by atoms with van der Waals surface area (Å²) >= 11 is 0. The standard InChI is InChI=1S/C24H31FO2/c1-2-3-4-5-6-8-18-11-13-19(14-12-18)24(26)27-21-15-16-22-20(17-21)9-7-10-23(22)25/h7,9-10,15-19H,2-6,8,11-14H2,1H3. The van der Waals surface area contributed by atoms with Crippen LogP contribution in [-0.4, -0.2) is 5.97 Å². The molecule has 27 heavy (non-hydrogen) atoms. The zero-order valence-electron chi connectivity index (χ0n) is 16.4. The van der Waals surface area contributed by atoms with Crippen LogP contribution in [0.1, 0.15) is 71.1 Å². The third kappa shape index (κ3) is 5.54. The van der Waals surface area contributed by atoms with Crippen molar-refractivity contribution in [3.05, 3.63) is 42.2 Å². The topological polar surface area (TPSA) is 26.3 Å². The molecule has 1 aliphatic rings. The van der Waals surface area contributed by atoms with Gasteiger partial charge in [0.25, 0.3) is 0 Å². The molecule has 2 aromatic carbocycles. The van der Waals surface area contributed by atoms with Gasteiger partial charge in [0.1, 0.15) is 11.6 Å². The van der Waals surface area contributed by atoms with E-state index in [-0.39, 0.29) is 17.7 Å². The van der Waals surface area contributed by atoms with Crippen molar-refractivity contribution in [2.24, 2.45) is 11.8 Å². The van der Waals surface area contributed by atoms with Gasteiger partial charge in [-0.15, -0.1) is 0 Å². The molecule has 3 heteroatoms. The first kappa shape index (κ1) is 19.9. The van der Waals surface area contributed by atoms with E-state index in [1.807, 2.05) is 6.07 Å². The predicted octanol–water partition coefficient (Wildman–Crippen LogP) is 7.05. The number of carbonyl (C=O) groups excluding carboxylic acids is 1. The Morgan fingerprint density at radius 3 is 2.59 bits per heavy atom. The molecule has 2 nitrogen and oxygen atoms in total. The first-order valence-electron chi connectivity index (χ1n) is 10.6. The average Bonchev–Trinajstić information content (AvgIpc) is 2.68. The van der Waals surface area contributed by atoms with Crippen LogP contribution in [0.5, 0.6) is 5.75 Å². The summed E-state index contributed by atoms with van der Waals surface area (Å²) in [4.78, 5) is 12.5. The van der Waals surface area contributed by atoms with Gasteiger partial charge >= 0.3 is 5.97 Å². The van der Waals surface area contributed by atoms with Crippen LogP contribution in [0.4, 0.5) is 4.39 Å². The van der Waals surface area contributed by atoms with E-state index >= 15 is 0 Å². The molecule has 1 saturated carbocycles. The molecule has 1 fully saturated rings. The molecule has 0 aliphatic heterocycles. The molecule has 0 aromatic heterocycles. The first-order valence-corrected chi connectivity index (χ1v) is 10.6. The highest BCUT2D eigenvalue weighted by Crippen LogP contribution is 2.33. The van der Waals surface area contributed by atoms with E-state index < -0.39 is 0 Å². The Kier molecular flexibility index (Phi) is 7.25. The van der Waals surface area contributed by atoms with E-state index in [1.165, 1.54) is 44.6 Å². The normalized spacial score (nSPS) is 19.9. The lowest BCUT2D eigenvalue weighted by molar-refractivity contribution is -0.140. The van der Waals surface area contributed by atoms with E-state index in [4.69, 9.17) is 4.74 Å². The second-order valence-corrected chi connectivity index (χ2v) is 7.96. The van der Waals surface area contributed by atoms with Crippen molar-refractivity contribution >= 4 is 16.7 Å². The SMILES string of the molecule is CCCCCCCC1CCC(C(=O)Oc2ccc3c(F)cccc3c2)CC1. The minimum Gasteiger partial charge on any atom is -0.426 e. The average molecular weight is 371 g/mol. The van der Waals surface area contributed by atoms with Crippen molar-refractivity contribution in [3.8, 4) is 5.75 Å². The van der Waals surface area contributed by atoms with Gasteiger partial charge in [-0.25, -0.2) is 4.39 Å². The Bertz CT molecular complexity index is 747. The Balaban J connectivity index is 1.46. The van der Waals surface area contributed by atoms with Crippen LogP contribution in [0, 0.1) is 17.7 Å². The van der Waals surface area contributed by atoms with E-state index in [9.17, 15) is 9.18 Å². The summed E-state index contributed by atoms with van der Waals surface area (Å²) < 4.78 is 19.4. The lowest BCUT2D eigenvalue weighted by Gasteiger charge is -2.27. The van der Waals surface area contributed by atoms with Crippen molar-refractivity contribution in [1.29, 1.82) is 0 Å². The molecule has 0 amide bonds. The zero-order valence-corrected chi connectivity index (χ0v) is 16.4. The number of unbranched alkanes of at least 4 members (excludes halogenated alkanes) is 4. The van der Waals surface area contributed by atoms with Gasteiger partial charge in [0.05, 0.1) is 5.92 Å². The molecular formula is C24H31FO2. The molecular weight excluding hydrogens is 339 g/mol. The molecule has 2 aromatic rings. The molecule has 0 atom stereocenters. The molecule has 3 rings (SSSR count). The highest BCUT2D eigenvalue weighted by molar-refractivity contribution is 5.85. The fourth-order valence-corrected chi connectivity index (χ4v) is 4.21. The summed E-state index contributed by atoms with van der Waals surface area (Å²) in [6.07, 6.45) is 12.1. The Labute approximate surface area is 162 Å². The number of ether oxygens (including phenoxy) is 1. The molecule has 0 N–H and O–H groups in total. The fourth-order valence-electron chi connectivity index (χ4n) is 4.21. The van der Waals surface area contributed by atoms with Gasteiger partial charge in [-0.05, 0) is 61.3 Å². The number of esters is 1. The zero-order chi connectivity index (χ0) is 19.1. The quantitative estimate of drug-likeness (QED) is 0.283. The summed E-state index contributed by atoms with van der Waals surface area (Å²) in [5.41, 5.74) is 0. The Morgan fingerprint density at radius 2 is 1.81 bits per heavy atom. The first-order chi connectivity index (χ1) is 13.2. The van der Waals surface area contributed by atoms with Crippen LogP contribution in [0.2, 0.25) is 0 Å². The smallest absolute Gasteiger partial charge is 0.314 e. The molecule has 0 heterocycles. The number of carbonyl (C=O) groups is 1. The van der Waals surface area contributed by atoms with Crippen LogP contribution in [0.25, 0.3) is 10.8 Å². The number of benzene rings is 2. The van der Waals surface area contributed by atoms with Gasteiger partial charge in [0, 0.05) is 5.39 Å². The third-order valence-electron chi connectivity index (χ3n) is 5.91. The maximum absolute atomic E-state index is 13.7. The van der Waals surface area contributed by atoms with Crippen molar-refractivity contribution in [2.45, 2.75) is 71.1 Å².